The van der Waals surface area contributed by atoms with Crippen LogP contribution in [0.5, 0.6) is 0 Å². The van der Waals surface area contributed by atoms with Gasteiger partial charge in [0.25, 0.3) is 0 Å². The number of benzene rings is 1. The lowest BCUT2D eigenvalue weighted by molar-refractivity contribution is 0.644. The summed E-state index contributed by atoms with van der Waals surface area (Å²) in [6, 6.07) is 6.70. The Labute approximate surface area is 103 Å². The summed E-state index contributed by atoms with van der Waals surface area (Å²) in [4.78, 5) is 0. The molecule has 1 nitrogen and oxygen atoms in total. The van der Waals surface area contributed by atoms with E-state index < -0.39 is 0 Å². The molecule has 0 radical (unpaired) electrons. The maximum Gasteiger partial charge on any atom is 0.0208 e. The van der Waals surface area contributed by atoms with E-state index >= 15 is 0 Å². The van der Waals surface area contributed by atoms with Gasteiger partial charge >= 0.3 is 0 Å². The number of aryl methyl sites for hydroxylation is 2. The van der Waals surface area contributed by atoms with Crippen molar-refractivity contribution in [1.82, 2.24) is 5.32 Å². The number of thioether (sulfide) groups is 1. The number of hydrogen-bond acceptors (Lipinski definition) is 2. The van der Waals surface area contributed by atoms with Crippen molar-refractivity contribution >= 4 is 11.8 Å². The molecule has 1 aliphatic rings. The molecule has 1 unspecified atom stereocenters. The summed E-state index contributed by atoms with van der Waals surface area (Å²) in [6.45, 7) is 6.54. The molecule has 0 aliphatic carbocycles. The Bertz CT molecular complexity index is 343. The molecule has 1 fully saturated rings. The molecule has 1 heterocycles. The smallest absolute Gasteiger partial charge is 0.0208 e. The topological polar surface area (TPSA) is 12.0 Å². The Kier molecular flexibility index (Phi) is 4.30. The molecule has 1 atom stereocenters. The molecule has 1 aliphatic heterocycles. The van der Waals surface area contributed by atoms with Crippen LogP contribution in [0.2, 0.25) is 0 Å². The first-order valence-electron chi connectivity index (χ1n) is 6.14. The molecule has 1 N–H and O–H groups in total. The lowest BCUT2D eigenvalue weighted by Gasteiger charge is -2.12. The predicted octanol–water partition coefficient (Wildman–Crippen LogP) is 3.29. The summed E-state index contributed by atoms with van der Waals surface area (Å²) >= 11 is 2.12. The van der Waals surface area contributed by atoms with Gasteiger partial charge in [0.1, 0.15) is 0 Å². The number of hydrogen-bond donors (Lipinski definition) is 1. The van der Waals surface area contributed by atoms with E-state index in [1.165, 1.54) is 35.3 Å². The van der Waals surface area contributed by atoms with E-state index in [-0.39, 0.29) is 0 Å². The largest absolute Gasteiger partial charge is 0.312 e. The van der Waals surface area contributed by atoms with E-state index in [0.29, 0.717) is 0 Å². The van der Waals surface area contributed by atoms with Crippen LogP contribution < -0.4 is 5.32 Å². The van der Waals surface area contributed by atoms with Gasteiger partial charge in [0, 0.05) is 18.3 Å². The molecule has 0 spiro atoms. The van der Waals surface area contributed by atoms with Crippen molar-refractivity contribution in [3.8, 4) is 0 Å². The van der Waals surface area contributed by atoms with E-state index in [1.54, 1.807) is 0 Å². The molecule has 1 aromatic rings. The quantitative estimate of drug-likeness (QED) is 0.859. The summed E-state index contributed by atoms with van der Waals surface area (Å²) in [5.74, 6) is 1.36. The van der Waals surface area contributed by atoms with Crippen molar-refractivity contribution in [3.63, 3.8) is 0 Å². The van der Waals surface area contributed by atoms with Crippen molar-refractivity contribution in [2.45, 2.75) is 38.5 Å². The lowest BCUT2D eigenvalue weighted by Crippen LogP contribution is -2.23. The van der Waals surface area contributed by atoms with E-state index in [2.05, 4.69) is 49.1 Å². The highest BCUT2D eigenvalue weighted by molar-refractivity contribution is 8.00. The normalized spacial score (nSPS) is 20.2. The molecule has 88 valence electrons. The minimum absolute atomic E-state index is 0.852. The van der Waals surface area contributed by atoms with Crippen LogP contribution in [0.3, 0.4) is 0 Å². The second-order valence-electron chi connectivity index (χ2n) is 4.70. The van der Waals surface area contributed by atoms with Crippen LogP contribution in [0.1, 0.15) is 29.5 Å². The number of rotatable bonds is 4. The summed E-state index contributed by atoms with van der Waals surface area (Å²) in [6.07, 6.45) is 2.80. The van der Waals surface area contributed by atoms with Gasteiger partial charge in [0.05, 0.1) is 0 Å². The third-order valence-corrected chi connectivity index (χ3v) is 4.61. The summed E-state index contributed by atoms with van der Waals surface area (Å²) < 4.78 is 0. The minimum atomic E-state index is 0.852. The minimum Gasteiger partial charge on any atom is -0.312 e. The highest BCUT2D eigenvalue weighted by Crippen LogP contribution is 2.25. The van der Waals surface area contributed by atoms with Crippen LogP contribution in [-0.2, 0) is 6.54 Å². The maximum absolute atomic E-state index is 3.59. The van der Waals surface area contributed by atoms with Gasteiger partial charge in [-0.25, -0.2) is 0 Å². The van der Waals surface area contributed by atoms with Crippen LogP contribution in [0.25, 0.3) is 0 Å². The zero-order valence-corrected chi connectivity index (χ0v) is 11.1. The average Bonchev–Trinajstić information content (AvgIpc) is 2.76. The van der Waals surface area contributed by atoms with Gasteiger partial charge in [-0.3, -0.25) is 0 Å². The standard InChI is InChI=1S/C14H21NS/c1-11-5-6-12(2)13(8-11)9-15-10-14-4-3-7-16-14/h5-6,8,14-15H,3-4,7,9-10H2,1-2H3. The summed E-state index contributed by atoms with van der Waals surface area (Å²) in [5.41, 5.74) is 4.21. The van der Waals surface area contributed by atoms with Gasteiger partial charge < -0.3 is 5.32 Å². The Morgan fingerprint density at radius 2 is 2.25 bits per heavy atom. The Hall–Kier alpha value is -0.470. The van der Waals surface area contributed by atoms with Crippen LogP contribution in [0.15, 0.2) is 18.2 Å². The molecule has 2 heteroatoms. The van der Waals surface area contributed by atoms with Crippen LogP contribution in [0.4, 0.5) is 0 Å². The molecule has 16 heavy (non-hydrogen) atoms. The maximum atomic E-state index is 3.59. The Balaban J connectivity index is 1.82. The average molecular weight is 235 g/mol. The fraction of sp³-hybridized carbons (Fsp3) is 0.571. The summed E-state index contributed by atoms with van der Waals surface area (Å²) in [7, 11) is 0. The van der Waals surface area contributed by atoms with Crippen LogP contribution in [0, 0.1) is 13.8 Å². The molecular formula is C14H21NS. The van der Waals surface area contributed by atoms with E-state index in [4.69, 9.17) is 0 Å². The molecule has 2 rings (SSSR count). The highest BCUT2D eigenvalue weighted by Gasteiger charge is 2.14. The Morgan fingerprint density at radius 1 is 1.38 bits per heavy atom. The monoisotopic (exact) mass is 235 g/mol. The van der Waals surface area contributed by atoms with Gasteiger partial charge in [-0.1, -0.05) is 23.8 Å². The first-order chi connectivity index (χ1) is 7.75. The third-order valence-electron chi connectivity index (χ3n) is 3.22. The first-order valence-corrected chi connectivity index (χ1v) is 7.19. The molecule has 0 bridgehead atoms. The van der Waals surface area contributed by atoms with Crippen molar-refractivity contribution in [2.75, 3.05) is 12.3 Å². The lowest BCUT2D eigenvalue weighted by atomic mass is 10.1. The van der Waals surface area contributed by atoms with Gasteiger partial charge in [-0.05, 0) is 43.6 Å². The second kappa shape index (κ2) is 5.74. The van der Waals surface area contributed by atoms with Gasteiger partial charge in [0.2, 0.25) is 0 Å². The molecular weight excluding hydrogens is 214 g/mol. The van der Waals surface area contributed by atoms with Gasteiger partial charge in [-0.15, -0.1) is 0 Å². The zero-order chi connectivity index (χ0) is 11.4. The fourth-order valence-corrected chi connectivity index (χ4v) is 3.40. The van der Waals surface area contributed by atoms with Crippen LogP contribution in [-0.4, -0.2) is 17.5 Å². The van der Waals surface area contributed by atoms with E-state index in [1.807, 2.05) is 0 Å². The molecule has 0 saturated carbocycles. The SMILES string of the molecule is Cc1ccc(C)c(CNCC2CCCS2)c1. The van der Waals surface area contributed by atoms with Crippen LogP contribution >= 0.6 is 11.8 Å². The number of nitrogens with one attached hydrogen (secondary N) is 1. The van der Waals surface area contributed by atoms with Crippen molar-refractivity contribution < 1.29 is 0 Å². The second-order valence-corrected chi connectivity index (χ2v) is 6.10. The molecule has 1 aromatic carbocycles. The van der Waals surface area contributed by atoms with Gasteiger partial charge in [0.15, 0.2) is 0 Å². The van der Waals surface area contributed by atoms with Crippen molar-refractivity contribution in [3.05, 3.63) is 34.9 Å². The summed E-state index contributed by atoms with van der Waals surface area (Å²) in [5, 5.41) is 4.44. The van der Waals surface area contributed by atoms with E-state index in [0.717, 1.165) is 18.3 Å². The Morgan fingerprint density at radius 3 is 3.00 bits per heavy atom. The van der Waals surface area contributed by atoms with Crippen molar-refractivity contribution in [2.24, 2.45) is 0 Å². The molecule has 0 amide bonds. The third kappa shape index (κ3) is 3.26. The van der Waals surface area contributed by atoms with E-state index in [9.17, 15) is 0 Å². The highest BCUT2D eigenvalue weighted by atomic mass is 32.2. The molecule has 1 saturated heterocycles. The predicted molar refractivity (Wildman–Crippen MR) is 73.1 cm³/mol. The van der Waals surface area contributed by atoms with Gasteiger partial charge in [-0.2, -0.15) is 11.8 Å². The fourth-order valence-electron chi connectivity index (χ4n) is 2.16. The van der Waals surface area contributed by atoms with Crippen molar-refractivity contribution in [1.29, 1.82) is 0 Å². The molecule has 0 aromatic heterocycles. The first kappa shape index (κ1) is 12.0. The zero-order valence-electron chi connectivity index (χ0n) is 10.3.